The molecule has 0 fully saturated rings. The standard InChI is InChI=1S/C24H50O3/c1-3-5-7-9-11-13-15-17-19-24(26,23-27-22-21-25)20-18-16-14-12-10-8-6-4-2/h25-26H,3-23H2,1-2H3. The number of hydrogen-bond acceptors (Lipinski definition) is 3. The maximum Gasteiger partial charge on any atom is 0.0880 e. The van der Waals surface area contributed by atoms with E-state index in [2.05, 4.69) is 13.8 Å². The monoisotopic (exact) mass is 386 g/mol. The Morgan fingerprint density at radius 1 is 0.593 bits per heavy atom. The highest BCUT2D eigenvalue weighted by Gasteiger charge is 2.26. The van der Waals surface area contributed by atoms with Gasteiger partial charge in [-0.3, -0.25) is 0 Å². The Labute approximate surface area is 170 Å². The number of aliphatic hydroxyl groups excluding tert-OH is 1. The van der Waals surface area contributed by atoms with Gasteiger partial charge in [-0.05, 0) is 12.8 Å². The summed E-state index contributed by atoms with van der Waals surface area (Å²) >= 11 is 0. The summed E-state index contributed by atoms with van der Waals surface area (Å²) in [4.78, 5) is 0. The van der Waals surface area contributed by atoms with Crippen molar-refractivity contribution in [3.63, 3.8) is 0 Å². The molecule has 0 aromatic heterocycles. The van der Waals surface area contributed by atoms with Crippen LogP contribution >= 0.6 is 0 Å². The zero-order chi connectivity index (χ0) is 20.1. The molecule has 2 N–H and O–H groups in total. The molecule has 3 heteroatoms. The maximum absolute atomic E-state index is 11.0. The van der Waals surface area contributed by atoms with Crippen LogP contribution in [0.2, 0.25) is 0 Å². The molecule has 0 spiro atoms. The van der Waals surface area contributed by atoms with Gasteiger partial charge in [0.05, 0.1) is 25.4 Å². The normalized spacial score (nSPS) is 12.0. The molecule has 0 aliphatic rings. The third-order valence-electron chi connectivity index (χ3n) is 5.60. The first-order valence-corrected chi connectivity index (χ1v) is 12.1. The van der Waals surface area contributed by atoms with Crippen LogP contribution in [0.25, 0.3) is 0 Å². The van der Waals surface area contributed by atoms with E-state index < -0.39 is 5.60 Å². The largest absolute Gasteiger partial charge is 0.394 e. The minimum atomic E-state index is -0.695. The van der Waals surface area contributed by atoms with Crippen molar-refractivity contribution in [2.45, 2.75) is 135 Å². The Kier molecular flexibility index (Phi) is 20.5. The first-order chi connectivity index (χ1) is 13.2. The van der Waals surface area contributed by atoms with Crippen molar-refractivity contribution in [2.75, 3.05) is 19.8 Å². The Morgan fingerprint density at radius 2 is 0.963 bits per heavy atom. The molecule has 0 heterocycles. The zero-order valence-corrected chi connectivity index (χ0v) is 18.7. The van der Waals surface area contributed by atoms with E-state index in [1.807, 2.05) is 0 Å². The lowest BCUT2D eigenvalue weighted by Gasteiger charge is -2.28. The fourth-order valence-corrected chi connectivity index (χ4v) is 3.77. The van der Waals surface area contributed by atoms with E-state index in [4.69, 9.17) is 9.84 Å². The fraction of sp³-hybridized carbons (Fsp3) is 1.00. The van der Waals surface area contributed by atoms with Crippen molar-refractivity contribution >= 4 is 0 Å². The Bertz CT molecular complexity index is 261. The third-order valence-corrected chi connectivity index (χ3v) is 5.60. The molecule has 0 amide bonds. The molecule has 0 aliphatic heterocycles. The molecule has 0 atom stereocenters. The highest BCUT2D eigenvalue weighted by molar-refractivity contribution is 4.78. The average molecular weight is 387 g/mol. The van der Waals surface area contributed by atoms with Gasteiger partial charge in [-0.15, -0.1) is 0 Å². The van der Waals surface area contributed by atoms with E-state index in [9.17, 15) is 5.11 Å². The minimum absolute atomic E-state index is 0.0333. The molecule has 0 aliphatic carbocycles. The quantitative estimate of drug-likeness (QED) is 0.201. The summed E-state index contributed by atoms with van der Waals surface area (Å²) < 4.78 is 5.49. The highest BCUT2D eigenvalue weighted by atomic mass is 16.5. The molecule has 0 aromatic carbocycles. The molecule has 0 saturated carbocycles. The van der Waals surface area contributed by atoms with Gasteiger partial charge in [0.1, 0.15) is 0 Å². The van der Waals surface area contributed by atoms with Crippen LogP contribution in [0.15, 0.2) is 0 Å². The van der Waals surface area contributed by atoms with Gasteiger partial charge in [-0.2, -0.15) is 0 Å². The second-order valence-electron chi connectivity index (χ2n) is 8.45. The topological polar surface area (TPSA) is 49.7 Å². The van der Waals surface area contributed by atoms with Crippen molar-refractivity contribution < 1.29 is 14.9 Å². The fourth-order valence-electron chi connectivity index (χ4n) is 3.77. The molecule has 164 valence electrons. The number of aliphatic hydroxyl groups is 2. The number of hydrogen-bond donors (Lipinski definition) is 2. The molecule has 0 saturated heterocycles. The molecule has 0 bridgehead atoms. The lowest BCUT2D eigenvalue weighted by atomic mass is 9.90. The summed E-state index contributed by atoms with van der Waals surface area (Å²) in [5.41, 5.74) is -0.695. The van der Waals surface area contributed by atoms with Crippen LogP contribution in [-0.2, 0) is 4.74 Å². The van der Waals surface area contributed by atoms with Crippen LogP contribution < -0.4 is 0 Å². The molecule has 27 heavy (non-hydrogen) atoms. The average Bonchev–Trinajstić information content (AvgIpc) is 2.66. The summed E-state index contributed by atoms with van der Waals surface area (Å²) in [6, 6.07) is 0. The smallest absolute Gasteiger partial charge is 0.0880 e. The molecule has 3 nitrogen and oxygen atoms in total. The van der Waals surface area contributed by atoms with Crippen LogP contribution in [0.3, 0.4) is 0 Å². The molecule has 0 aromatic rings. The van der Waals surface area contributed by atoms with E-state index >= 15 is 0 Å². The van der Waals surface area contributed by atoms with Gasteiger partial charge >= 0.3 is 0 Å². The van der Waals surface area contributed by atoms with E-state index in [-0.39, 0.29) is 6.61 Å². The second kappa shape index (κ2) is 20.6. The third kappa shape index (κ3) is 19.0. The SMILES string of the molecule is CCCCCCCCCCC(O)(CCCCCCCCCC)COCCO. The predicted molar refractivity (Wildman–Crippen MR) is 117 cm³/mol. The van der Waals surface area contributed by atoms with Gasteiger partial charge in [0, 0.05) is 0 Å². The van der Waals surface area contributed by atoms with Crippen LogP contribution in [0.4, 0.5) is 0 Å². The van der Waals surface area contributed by atoms with Crippen LogP contribution in [-0.4, -0.2) is 35.6 Å². The van der Waals surface area contributed by atoms with Gasteiger partial charge < -0.3 is 14.9 Å². The van der Waals surface area contributed by atoms with Crippen LogP contribution in [0.1, 0.15) is 129 Å². The number of rotatable bonds is 22. The van der Waals surface area contributed by atoms with Gasteiger partial charge in [0.15, 0.2) is 0 Å². The molecule has 0 radical (unpaired) electrons. The molecular formula is C24H50O3. The summed E-state index contributed by atoms with van der Waals surface area (Å²) in [5.74, 6) is 0. The summed E-state index contributed by atoms with van der Waals surface area (Å²) in [6.45, 7) is 5.25. The van der Waals surface area contributed by atoms with E-state index in [1.54, 1.807) is 0 Å². The molecule has 0 rings (SSSR count). The van der Waals surface area contributed by atoms with Crippen LogP contribution in [0, 0.1) is 0 Å². The predicted octanol–water partition coefficient (Wildman–Crippen LogP) is 6.79. The van der Waals surface area contributed by atoms with Crippen LogP contribution in [0.5, 0.6) is 0 Å². The second-order valence-corrected chi connectivity index (χ2v) is 8.45. The minimum Gasteiger partial charge on any atom is -0.394 e. The van der Waals surface area contributed by atoms with Crippen molar-refractivity contribution in [3.8, 4) is 0 Å². The van der Waals surface area contributed by atoms with E-state index in [1.165, 1.54) is 89.9 Å². The number of unbranched alkanes of at least 4 members (excludes halogenated alkanes) is 14. The first-order valence-electron chi connectivity index (χ1n) is 12.1. The van der Waals surface area contributed by atoms with E-state index in [0.717, 1.165) is 25.7 Å². The Morgan fingerprint density at radius 3 is 1.33 bits per heavy atom. The lowest BCUT2D eigenvalue weighted by molar-refractivity contribution is -0.0650. The molecular weight excluding hydrogens is 336 g/mol. The summed E-state index contributed by atoms with van der Waals surface area (Å²) in [7, 11) is 0. The van der Waals surface area contributed by atoms with Gasteiger partial charge in [-0.1, -0.05) is 117 Å². The first kappa shape index (κ1) is 26.9. The highest BCUT2D eigenvalue weighted by Crippen LogP contribution is 2.24. The Hall–Kier alpha value is -0.120. The van der Waals surface area contributed by atoms with Gasteiger partial charge in [0.25, 0.3) is 0 Å². The maximum atomic E-state index is 11.0. The van der Waals surface area contributed by atoms with E-state index in [0.29, 0.717) is 13.2 Å². The van der Waals surface area contributed by atoms with Crippen molar-refractivity contribution in [3.05, 3.63) is 0 Å². The number of ether oxygens (including phenoxy) is 1. The van der Waals surface area contributed by atoms with Gasteiger partial charge in [-0.25, -0.2) is 0 Å². The van der Waals surface area contributed by atoms with Crippen molar-refractivity contribution in [1.82, 2.24) is 0 Å². The molecule has 0 unspecified atom stereocenters. The lowest BCUT2D eigenvalue weighted by Crippen LogP contribution is -2.35. The zero-order valence-electron chi connectivity index (χ0n) is 18.7. The Balaban J connectivity index is 3.87. The van der Waals surface area contributed by atoms with Crippen molar-refractivity contribution in [1.29, 1.82) is 0 Å². The summed E-state index contributed by atoms with van der Waals surface area (Å²) in [5, 5.41) is 19.9. The van der Waals surface area contributed by atoms with Crippen molar-refractivity contribution in [2.24, 2.45) is 0 Å². The van der Waals surface area contributed by atoms with Gasteiger partial charge in [0.2, 0.25) is 0 Å². The summed E-state index contributed by atoms with van der Waals surface area (Å²) in [6.07, 6.45) is 22.3.